The highest BCUT2D eigenvalue weighted by Crippen LogP contribution is 2.28. The van der Waals surface area contributed by atoms with E-state index in [2.05, 4.69) is 51.9 Å². The molecule has 1 atom stereocenters. The third-order valence-electron chi connectivity index (χ3n) is 3.55. The zero-order valence-electron chi connectivity index (χ0n) is 11.9. The van der Waals surface area contributed by atoms with Gasteiger partial charge < -0.3 is 10.6 Å². The molecule has 0 saturated heterocycles. The molecule has 17 heavy (non-hydrogen) atoms. The van der Waals surface area contributed by atoms with Crippen LogP contribution in [0, 0.1) is 20.8 Å². The largest absolute Gasteiger partial charge is 0.330 e. The van der Waals surface area contributed by atoms with Crippen molar-refractivity contribution in [1.29, 1.82) is 0 Å². The lowest BCUT2D eigenvalue weighted by Gasteiger charge is -2.27. The van der Waals surface area contributed by atoms with Crippen LogP contribution in [0.3, 0.4) is 0 Å². The van der Waals surface area contributed by atoms with Crippen LogP contribution in [-0.2, 0) is 0 Å². The number of rotatable bonds is 5. The standard InChI is InChI=1S/C15H26N2/c1-11-9-13(3)14(10-12(11)2)15(17(4)5)7-6-8-16/h9-10,15H,6-8,16H2,1-5H3. The molecule has 0 saturated carbocycles. The van der Waals surface area contributed by atoms with E-state index in [0.29, 0.717) is 6.04 Å². The molecule has 2 nitrogen and oxygen atoms in total. The Morgan fingerprint density at radius 1 is 1.06 bits per heavy atom. The summed E-state index contributed by atoms with van der Waals surface area (Å²) in [5.74, 6) is 0. The fraction of sp³-hybridized carbons (Fsp3) is 0.600. The van der Waals surface area contributed by atoms with E-state index in [1.54, 1.807) is 0 Å². The number of benzene rings is 1. The summed E-state index contributed by atoms with van der Waals surface area (Å²) < 4.78 is 0. The van der Waals surface area contributed by atoms with E-state index < -0.39 is 0 Å². The van der Waals surface area contributed by atoms with Crippen LogP contribution in [0.5, 0.6) is 0 Å². The van der Waals surface area contributed by atoms with Crippen LogP contribution in [0.15, 0.2) is 12.1 Å². The van der Waals surface area contributed by atoms with Crippen molar-refractivity contribution >= 4 is 0 Å². The topological polar surface area (TPSA) is 29.3 Å². The van der Waals surface area contributed by atoms with Crippen molar-refractivity contribution < 1.29 is 0 Å². The molecule has 1 rings (SSSR count). The third-order valence-corrected chi connectivity index (χ3v) is 3.55. The molecule has 2 N–H and O–H groups in total. The Bertz CT molecular complexity index is 369. The quantitative estimate of drug-likeness (QED) is 0.848. The molecule has 0 bridgehead atoms. The van der Waals surface area contributed by atoms with Crippen LogP contribution >= 0.6 is 0 Å². The first kappa shape index (κ1) is 14.2. The zero-order valence-corrected chi connectivity index (χ0v) is 11.9. The first-order chi connectivity index (χ1) is 7.97. The molecule has 96 valence electrons. The van der Waals surface area contributed by atoms with Crippen LogP contribution < -0.4 is 5.73 Å². The second-order valence-corrected chi connectivity index (χ2v) is 5.20. The normalized spacial score (nSPS) is 13.1. The van der Waals surface area contributed by atoms with Gasteiger partial charge in [-0.05, 0) is 76.5 Å². The van der Waals surface area contributed by atoms with Crippen LogP contribution in [-0.4, -0.2) is 25.5 Å². The van der Waals surface area contributed by atoms with Gasteiger partial charge in [-0.3, -0.25) is 0 Å². The average Bonchev–Trinajstić information content (AvgIpc) is 2.25. The highest BCUT2D eigenvalue weighted by molar-refractivity contribution is 5.38. The Morgan fingerprint density at radius 2 is 1.65 bits per heavy atom. The molecule has 1 unspecified atom stereocenters. The molecule has 0 amide bonds. The molecule has 2 heteroatoms. The van der Waals surface area contributed by atoms with Crippen LogP contribution in [0.25, 0.3) is 0 Å². The van der Waals surface area contributed by atoms with Crippen LogP contribution in [0.1, 0.15) is 41.1 Å². The van der Waals surface area contributed by atoms with Gasteiger partial charge in [0.2, 0.25) is 0 Å². The number of nitrogens with two attached hydrogens (primary N) is 1. The Balaban J connectivity index is 3.05. The lowest BCUT2D eigenvalue weighted by Crippen LogP contribution is -2.22. The van der Waals surface area contributed by atoms with Crippen molar-refractivity contribution in [3.8, 4) is 0 Å². The number of nitrogens with zero attached hydrogens (tertiary/aromatic N) is 1. The summed E-state index contributed by atoms with van der Waals surface area (Å²) >= 11 is 0. The van der Waals surface area contributed by atoms with E-state index in [1.807, 2.05) is 0 Å². The summed E-state index contributed by atoms with van der Waals surface area (Å²) in [6.07, 6.45) is 2.21. The maximum atomic E-state index is 5.63. The molecule has 0 spiro atoms. The molecule has 1 aromatic carbocycles. The predicted molar refractivity (Wildman–Crippen MR) is 75.4 cm³/mol. The Morgan fingerprint density at radius 3 is 2.18 bits per heavy atom. The number of aryl methyl sites for hydroxylation is 3. The second kappa shape index (κ2) is 6.18. The maximum absolute atomic E-state index is 5.63. The van der Waals surface area contributed by atoms with E-state index >= 15 is 0 Å². The van der Waals surface area contributed by atoms with E-state index in [-0.39, 0.29) is 0 Å². The minimum atomic E-state index is 0.484. The summed E-state index contributed by atoms with van der Waals surface area (Å²) in [5, 5.41) is 0. The van der Waals surface area contributed by atoms with Gasteiger partial charge >= 0.3 is 0 Å². The van der Waals surface area contributed by atoms with Crippen LogP contribution in [0.2, 0.25) is 0 Å². The highest BCUT2D eigenvalue weighted by atomic mass is 15.1. The Hall–Kier alpha value is -0.860. The van der Waals surface area contributed by atoms with Gasteiger partial charge in [0.1, 0.15) is 0 Å². The maximum Gasteiger partial charge on any atom is 0.0345 e. The molecule has 0 aliphatic rings. The first-order valence-corrected chi connectivity index (χ1v) is 6.41. The fourth-order valence-electron chi connectivity index (χ4n) is 2.34. The zero-order chi connectivity index (χ0) is 13.0. The summed E-state index contributed by atoms with van der Waals surface area (Å²) in [7, 11) is 4.30. The lowest BCUT2D eigenvalue weighted by atomic mass is 9.93. The smallest absolute Gasteiger partial charge is 0.0345 e. The monoisotopic (exact) mass is 234 g/mol. The predicted octanol–water partition coefficient (Wildman–Crippen LogP) is 2.95. The van der Waals surface area contributed by atoms with Crippen molar-refractivity contribution in [2.75, 3.05) is 20.6 Å². The molecular weight excluding hydrogens is 208 g/mol. The highest BCUT2D eigenvalue weighted by Gasteiger charge is 2.16. The van der Waals surface area contributed by atoms with Gasteiger partial charge in [-0.1, -0.05) is 12.1 Å². The van der Waals surface area contributed by atoms with Gasteiger partial charge in [-0.2, -0.15) is 0 Å². The summed E-state index contributed by atoms with van der Waals surface area (Å²) in [6.45, 7) is 7.35. The fourth-order valence-corrected chi connectivity index (χ4v) is 2.34. The minimum absolute atomic E-state index is 0.484. The molecule has 0 fully saturated rings. The van der Waals surface area contributed by atoms with E-state index in [0.717, 1.165) is 19.4 Å². The molecular formula is C15H26N2. The lowest BCUT2D eigenvalue weighted by molar-refractivity contribution is 0.279. The molecule has 0 aliphatic carbocycles. The van der Waals surface area contributed by atoms with E-state index in [4.69, 9.17) is 5.73 Å². The average molecular weight is 234 g/mol. The first-order valence-electron chi connectivity index (χ1n) is 6.41. The van der Waals surface area contributed by atoms with Gasteiger partial charge in [0, 0.05) is 6.04 Å². The number of hydrogen-bond acceptors (Lipinski definition) is 2. The summed E-state index contributed by atoms with van der Waals surface area (Å²) in [6, 6.07) is 5.12. The molecule has 1 aromatic rings. The van der Waals surface area contributed by atoms with Crippen molar-refractivity contribution in [2.24, 2.45) is 5.73 Å². The van der Waals surface area contributed by atoms with Crippen molar-refractivity contribution in [1.82, 2.24) is 4.90 Å². The summed E-state index contributed by atoms with van der Waals surface area (Å²) in [4.78, 5) is 2.30. The Labute approximate surface area is 106 Å². The molecule has 0 aromatic heterocycles. The van der Waals surface area contributed by atoms with Crippen molar-refractivity contribution in [3.63, 3.8) is 0 Å². The van der Waals surface area contributed by atoms with Gasteiger partial charge in [-0.15, -0.1) is 0 Å². The summed E-state index contributed by atoms with van der Waals surface area (Å²) in [5.41, 5.74) is 11.2. The van der Waals surface area contributed by atoms with E-state index in [1.165, 1.54) is 22.3 Å². The molecule has 0 heterocycles. The van der Waals surface area contributed by atoms with Crippen molar-refractivity contribution in [2.45, 2.75) is 39.7 Å². The van der Waals surface area contributed by atoms with Gasteiger partial charge in [0.25, 0.3) is 0 Å². The van der Waals surface area contributed by atoms with E-state index in [9.17, 15) is 0 Å². The Kier molecular flexibility index (Phi) is 5.16. The molecule has 0 aliphatic heterocycles. The second-order valence-electron chi connectivity index (χ2n) is 5.20. The van der Waals surface area contributed by atoms with Crippen LogP contribution in [0.4, 0.5) is 0 Å². The van der Waals surface area contributed by atoms with Gasteiger partial charge in [0.05, 0.1) is 0 Å². The SMILES string of the molecule is Cc1cc(C)c(C(CCCN)N(C)C)cc1C. The number of hydrogen-bond donors (Lipinski definition) is 1. The molecule has 0 radical (unpaired) electrons. The van der Waals surface area contributed by atoms with Gasteiger partial charge in [0.15, 0.2) is 0 Å². The minimum Gasteiger partial charge on any atom is -0.330 e. The van der Waals surface area contributed by atoms with Crippen molar-refractivity contribution in [3.05, 3.63) is 34.4 Å². The third kappa shape index (κ3) is 3.55. The van der Waals surface area contributed by atoms with Gasteiger partial charge in [-0.25, -0.2) is 0 Å².